The molecule has 0 rings (SSSR count). The zero-order valence-corrected chi connectivity index (χ0v) is 4.50. The molecule has 0 aromatic carbocycles. The van der Waals surface area contributed by atoms with Gasteiger partial charge in [0.25, 0.3) is 0 Å². The molecule has 0 fully saturated rings. The third kappa shape index (κ3) is 5.76. The van der Waals surface area contributed by atoms with Gasteiger partial charge in [0.15, 0.2) is 0 Å². The molecular weight excluding hydrogens is 112 g/mol. The van der Waals surface area contributed by atoms with Crippen molar-refractivity contribution in [2.75, 3.05) is 7.05 Å². The van der Waals surface area contributed by atoms with Crippen LogP contribution >= 0.6 is 0 Å². The fourth-order valence-corrected chi connectivity index (χ4v) is 0.223. The minimum atomic E-state index is -1.86. The number of nitrogens with two attached hydrogens (primary N) is 3. The minimum Gasteiger partial charge on any atom is -0.762 e. The Bertz CT molecular complexity index is 66.9. The van der Waals surface area contributed by atoms with E-state index in [1.54, 1.807) is 0 Å². The predicted molar refractivity (Wildman–Crippen MR) is 27.5 cm³/mol. The smallest absolute Gasteiger partial charge is 0.244 e. The summed E-state index contributed by atoms with van der Waals surface area (Å²) in [7, 11) is 1.08. The molecule has 0 unspecified atom stereocenters. The van der Waals surface area contributed by atoms with Crippen molar-refractivity contribution in [1.82, 2.24) is 5.23 Å². The van der Waals surface area contributed by atoms with Crippen LogP contribution in [-0.2, 0) is 4.84 Å². The van der Waals surface area contributed by atoms with Crippen molar-refractivity contribution in [3.05, 3.63) is 5.21 Å². The van der Waals surface area contributed by atoms with Crippen LogP contribution in [0.15, 0.2) is 0 Å². The van der Waals surface area contributed by atoms with E-state index in [0.717, 1.165) is 7.05 Å². The molecule has 0 aromatic heterocycles. The Hall–Kier alpha value is -0.240. The highest BCUT2D eigenvalue weighted by atomic mass is 16.9. The maximum absolute atomic E-state index is 9.91. The van der Waals surface area contributed by atoms with E-state index in [9.17, 15) is 5.21 Å². The summed E-state index contributed by atoms with van der Waals surface area (Å²) in [6, 6.07) is 0. The van der Waals surface area contributed by atoms with Crippen molar-refractivity contribution in [1.29, 1.82) is 0 Å². The van der Waals surface area contributed by atoms with E-state index in [1.807, 2.05) is 0 Å². The quantitative estimate of drug-likeness (QED) is 0.283. The highest BCUT2D eigenvalue weighted by Crippen LogP contribution is 1.84. The third-order valence-electron chi connectivity index (χ3n) is 0.287. The van der Waals surface area contributed by atoms with Gasteiger partial charge in [0.1, 0.15) is 0 Å². The van der Waals surface area contributed by atoms with Crippen LogP contribution in [0.5, 0.6) is 0 Å². The average Bonchev–Trinajstić information content (AvgIpc) is 1.21. The third-order valence-corrected chi connectivity index (χ3v) is 0.287. The molecule has 0 saturated heterocycles. The molecule has 0 bridgehead atoms. The second-order valence-corrected chi connectivity index (χ2v) is 1.38. The molecule has 6 nitrogen and oxygen atoms in total. The fraction of sp³-hybridized carbons (Fsp3) is 1.00. The largest absolute Gasteiger partial charge is 0.762 e. The van der Waals surface area contributed by atoms with Crippen molar-refractivity contribution in [3.8, 4) is 0 Å². The Balaban J connectivity index is 3.39. The SMILES string of the molecule is CN([O-])OC(N)(N)N. The number of hydrogen-bond donors (Lipinski definition) is 3. The maximum atomic E-state index is 9.91. The second kappa shape index (κ2) is 2.35. The Morgan fingerprint density at radius 3 is 1.88 bits per heavy atom. The fourth-order valence-electron chi connectivity index (χ4n) is 0.223. The Labute approximate surface area is 46.7 Å². The number of nitrogens with zero attached hydrogens (tertiary/aromatic N) is 1. The molecule has 6 N–H and O–H groups in total. The molecule has 0 aromatic rings. The second-order valence-electron chi connectivity index (χ2n) is 1.38. The van der Waals surface area contributed by atoms with E-state index in [0.29, 0.717) is 0 Å². The summed E-state index contributed by atoms with van der Waals surface area (Å²) in [4.78, 5) is 4.05. The van der Waals surface area contributed by atoms with Gasteiger partial charge in [0.05, 0.1) is 0 Å². The molecule has 0 aliphatic carbocycles. The molecule has 6 heteroatoms. The lowest BCUT2D eigenvalue weighted by Crippen LogP contribution is -2.61. The van der Waals surface area contributed by atoms with Crippen LogP contribution in [-0.4, -0.2) is 18.2 Å². The first-order chi connectivity index (χ1) is 3.42. The van der Waals surface area contributed by atoms with Gasteiger partial charge in [-0.05, 0) is 7.05 Å². The van der Waals surface area contributed by atoms with Crippen molar-refractivity contribution in [3.63, 3.8) is 0 Å². The first-order valence-corrected chi connectivity index (χ1v) is 1.88. The van der Waals surface area contributed by atoms with Crippen LogP contribution in [0.25, 0.3) is 0 Å². The first-order valence-electron chi connectivity index (χ1n) is 1.88. The van der Waals surface area contributed by atoms with Crippen LogP contribution in [0.4, 0.5) is 0 Å². The summed E-state index contributed by atoms with van der Waals surface area (Å²) in [6.07, 6.45) is 0. The van der Waals surface area contributed by atoms with E-state index >= 15 is 0 Å². The molecule has 0 saturated carbocycles. The zero-order valence-electron chi connectivity index (χ0n) is 4.50. The van der Waals surface area contributed by atoms with Gasteiger partial charge in [-0.2, -0.15) is 0 Å². The standard InChI is InChI=1S/C2H9N4O2/c1-6(7)8-2(3,4)5/h3-5H2,1H3/q-1. The van der Waals surface area contributed by atoms with Crippen LogP contribution in [0.3, 0.4) is 0 Å². The minimum absolute atomic E-state index is 0.0833. The molecule has 0 atom stereocenters. The number of hydrogen-bond acceptors (Lipinski definition) is 6. The molecule has 8 heavy (non-hydrogen) atoms. The lowest BCUT2D eigenvalue weighted by Gasteiger charge is -2.29. The van der Waals surface area contributed by atoms with Crippen molar-refractivity contribution >= 4 is 0 Å². The number of rotatable bonds is 2. The molecular formula is C2H9N4O2-. The maximum Gasteiger partial charge on any atom is 0.244 e. The summed E-state index contributed by atoms with van der Waals surface area (Å²) in [5.74, 6) is -1.86. The van der Waals surface area contributed by atoms with E-state index < -0.39 is 5.97 Å². The summed E-state index contributed by atoms with van der Waals surface area (Å²) in [5, 5.41) is 10.00. The van der Waals surface area contributed by atoms with Gasteiger partial charge in [-0.3, -0.25) is 27.3 Å². The van der Waals surface area contributed by atoms with Crippen LogP contribution in [0.1, 0.15) is 0 Å². The molecule has 50 valence electrons. The number of hydroxylamine groups is 2. The van der Waals surface area contributed by atoms with E-state index in [-0.39, 0.29) is 5.23 Å². The van der Waals surface area contributed by atoms with E-state index in [4.69, 9.17) is 17.2 Å². The van der Waals surface area contributed by atoms with Gasteiger partial charge in [-0.15, -0.1) is 0 Å². The zero-order chi connectivity index (χ0) is 6.78. The molecule has 0 heterocycles. The monoisotopic (exact) mass is 121 g/mol. The molecule has 0 spiro atoms. The molecule has 0 radical (unpaired) electrons. The van der Waals surface area contributed by atoms with Gasteiger partial charge >= 0.3 is 0 Å². The highest BCUT2D eigenvalue weighted by molar-refractivity contribution is 4.48. The normalized spacial score (nSPS) is 12.8. The average molecular weight is 121 g/mol. The van der Waals surface area contributed by atoms with Crippen molar-refractivity contribution in [2.45, 2.75) is 5.97 Å². The summed E-state index contributed by atoms with van der Waals surface area (Å²) < 4.78 is 0. The van der Waals surface area contributed by atoms with Gasteiger partial charge in [0.2, 0.25) is 5.97 Å². The summed E-state index contributed by atoms with van der Waals surface area (Å²) in [5.41, 5.74) is 14.5. The van der Waals surface area contributed by atoms with Gasteiger partial charge in [-0.25, -0.2) is 0 Å². The molecule has 0 aliphatic rings. The highest BCUT2D eigenvalue weighted by Gasteiger charge is 2.10. The lowest BCUT2D eigenvalue weighted by atomic mass is 10.8. The van der Waals surface area contributed by atoms with E-state index in [2.05, 4.69) is 4.84 Å². The lowest BCUT2D eigenvalue weighted by molar-refractivity contribution is -0.200. The Morgan fingerprint density at radius 1 is 1.50 bits per heavy atom. The predicted octanol–water partition coefficient (Wildman–Crippen LogP) is -2.16. The molecule has 0 amide bonds. The topological polar surface area (TPSA) is 114 Å². The first kappa shape index (κ1) is 7.76. The van der Waals surface area contributed by atoms with Gasteiger partial charge in [0, 0.05) is 0 Å². The molecule has 0 aliphatic heterocycles. The summed E-state index contributed by atoms with van der Waals surface area (Å²) in [6.45, 7) is 0. The summed E-state index contributed by atoms with van der Waals surface area (Å²) >= 11 is 0. The Morgan fingerprint density at radius 2 is 1.88 bits per heavy atom. The van der Waals surface area contributed by atoms with Gasteiger partial charge < -0.3 is 5.21 Å². The van der Waals surface area contributed by atoms with E-state index in [1.165, 1.54) is 0 Å². The Kier molecular flexibility index (Phi) is 2.28. The van der Waals surface area contributed by atoms with Crippen molar-refractivity contribution < 1.29 is 4.84 Å². The van der Waals surface area contributed by atoms with Crippen LogP contribution < -0.4 is 17.2 Å². The van der Waals surface area contributed by atoms with Crippen molar-refractivity contribution in [2.24, 2.45) is 17.2 Å². The van der Waals surface area contributed by atoms with Crippen LogP contribution in [0.2, 0.25) is 0 Å². The van der Waals surface area contributed by atoms with Gasteiger partial charge in [-0.1, -0.05) is 0 Å². The van der Waals surface area contributed by atoms with Crippen LogP contribution in [0, 0.1) is 5.21 Å².